The van der Waals surface area contributed by atoms with Crippen LogP contribution >= 0.6 is 0 Å². The summed E-state index contributed by atoms with van der Waals surface area (Å²) in [5, 5.41) is 13.1. The van der Waals surface area contributed by atoms with Crippen molar-refractivity contribution in [2.24, 2.45) is 10.9 Å². The highest BCUT2D eigenvalue weighted by atomic mass is 16.5. The number of aromatic hydroxyl groups is 1. The zero-order chi connectivity index (χ0) is 10.7. The number of hydrogen-bond acceptors (Lipinski definition) is 4. The summed E-state index contributed by atoms with van der Waals surface area (Å²) < 4.78 is 5.09. The molecule has 0 spiro atoms. The molecule has 0 saturated carbocycles. The van der Waals surface area contributed by atoms with E-state index in [0.29, 0.717) is 11.3 Å². The predicted molar refractivity (Wildman–Crippen MR) is 55.9 cm³/mol. The van der Waals surface area contributed by atoms with Crippen molar-refractivity contribution >= 4 is 6.21 Å². The van der Waals surface area contributed by atoms with E-state index in [0.717, 1.165) is 11.1 Å². The highest BCUT2D eigenvalue weighted by Crippen LogP contribution is 2.34. The third-order valence-corrected chi connectivity index (χ3v) is 2.21. The van der Waals surface area contributed by atoms with Gasteiger partial charge in [-0.05, 0) is 31.0 Å². The average molecular weight is 194 g/mol. The Balaban J connectivity index is 3.42. The van der Waals surface area contributed by atoms with Crippen molar-refractivity contribution in [3.05, 3.63) is 22.8 Å². The lowest BCUT2D eigenvalue weighted by Gasteiger charge is -2.11. The highest BCUT2D eigenvalue weighted by molar-refractivity contribution is 5.85. The number of nitrogens with zero attached hydrogens (tertiary/aromatic N) is 1. The number of phenols is 1. The number of rotatable bonds is 2. The summed E-state index contributed by atoms with van der Waals surface area (Å²) >= 11 is 0. The monoisotopic (exact) mass is 194 g/mol. The zero-order valence-corrected chi connectivity index (χ0v) is 8.53. The van der Waals surface area contributed by atoms with Gasteiger partial charge in [0.25, 0.3) is 0 Å². The molecule has 3 N–H and O–H groups in total. The fraction of sp³-hybridized carbons (Fsp3) is 0.300. The molecule has 0 aliphatic rings. The minimum Gasteiger partial charge on any atom is -0.504 e. The summed E-state index contributed by atoms with van der Waals surface area (Å²) in [5.41, 5.74) is 2.50. The van der Waals surface area contributed by atoms with Crippen LogP contribution in [0.3, 0.4) is 0 Å². The molecule has 1 aromatic carbocycles. The lowest BCUT2D eigenvalue weighted by Crippen LogP contribution is -1.96. The fourth-order valence-electron chi connectivity index (χ4n) is 1.33. The van der Waals surface area contributed by atoms with Crippen LogP contribution in [0.1, 0.15) is 16.7 Å². The Morgan fingerprint density at radius 2 is 2.14 bits per heavy atom. The van der Waals surface area contributed by atoms with Crippen molar-refractivity contribution < 1.29 is 9.84 Å². The first-order valence-electron chi connectivity index (χ1n) is 4.22. The van der Waals surface area contributed by atoms with Crippen LogP contribution in [-0.2, 0) is 0 Å². The first kappa shape index (κ1) is 10.4. The molecule has 0 aromatic heterocycles. The summed E-state index contributed by atoms with van der Waals surface area (Å²) in [4.78, 5) is 0. The van der Waals surface area contributed by atoms with Gasteiger partial charge in [0.15, 0.2) is 11.5 Å². The topological polar surface area (TPSA) is 67.8 Å². The van der Waals surface area contributed by atoms with Gasteiger partial charge in [-0.25, -0.2) is 0 Å². The van der Waals surface area contributed by atoms with E-state index < -0.39 is 0 Å². The Labute approximate surface area is 83.0 Å². The second-order valence-corrected chi connectivity index (χ2v) is 3.07. The molecule has 0 fully saturated rings. The van der Waals surface area contributed by atoms with E-state index in [2.05, 4.69) is 5.10 Å². The maximum absolute atomic E-state index is 9.75. The van der Waals surface area contributed by atoms with E-state index in [9.17, 15) is 5.11 Å². The average Bonchev–Trinajstić information content (AvgIpc) is 2.16. The second kappa shape index (κ2) is 4.00. The van der Waals surface area contributed by atoms with E-state index >= 15 is 0 Å². The van der Waals surface area contributed by atoms with Crippen molar-refractivity contribution in [2.75, 3.05) is 7.11 Å². The van der Waals surface area contributed by atoms with E-state index in [1.54, 1.807) is 0 Å². The first-order chi connectivity index (χ1) is 6.61. The van der Waals surface area contributed by atoms with Gasteiger partial charge in [0.1, 0.15) is 0 Å². The Bertz CT molecular complexity index is 373. The van der Waals surface area contributed by atoms with E-state index in [1.165, 1.54) is 13.3 Å². The minimum atomic E-state index is 0.0739. The number of benzene rings is 1. The number of aryl methyl sites for hydroxylation is 1. The molecule has 0 aliphatic heterocycles. The van der Waals surface area contributed by atoms with E-state index in [-0.39, 0.29) is 5.75 Å². The quantitative estimate of drug-likeness (QED) is 0.423. The first-order valence-corrected chi connectivity index (χ1v) is 4.22. The maximum atomic E-state index is 9.75. The van der Waals surface area contributed by atoms with Crippen LogP contribution in [-0.4, -0.2) is 18.4 Å². The third kappa shape index (κ3) is 1.64. The highest BCUT2D eigenvalue weighted by Gasteiger charge is 2.11. The summed E-state index contributed by atoms with van der Waals surface area (Å²) in [6.45, 7) is 3.82. The Kier molecular flexibility index (Phi) is 2.96. The van der Waals surface area contributed by atoms with Crippen LogP contribution in [0, 0.1) is 13.8 Å². The van der Waals surface area contributed by atoms with Crippen molar-refractivity contribution in [3.63, 3.8) is 0 Å². The smallest absolute Gasteiger partial charge is 0.166 e. The van der Waals surface area contributed by atoms with Crippen molar-refractivity contribution in [3.8, 4) is 11.5 Å². The van der Waals surface area contributed by atoms with Gasteiger partial charge in [-0.3, -0.25) is 0 Å². The summed E-state index contributed by atoms with van der Waals surface area (Å²) in [7, 11) is 1.52. The number of hydrazone groups is 1. The molecule has 1 rings (SSSR count). The second-order valence-electron chi connectivity index (χ2n) is 3.07. The minimum absolute atomic E-state index is 0.0739. The number of hydrogen-bond donors (Lipinski definition) is 2. The molecule has 1 aromatic rings. The molecule has 14 heavy (non-hydrogen) atoms. The van der Waals surface area contributed by atoms with Gasteiger partial charge >= 0.3 is 0 Å². The maximum Gasteiger partial charge on any atom is 0.166 e. The molecule has 0 amide bonds. The van der Waals surface area contributed by atoms with Crippen LogP contribution < -0.4 is 10.6 Å². The lowest BCUT2D eigenvalue weighted by atomic mass is 10.0. The summed E-state index contributed by atoms with van der Waals surface area (Å²) in [6.07, 6.45) is 1.39. The number of methoxy groups -OCH3 is 1. The molecule has 0 aliphatic carbocycles. The number of ether oxygens (including phenoxy) is 1. The standard InChI is InChI=1S/C10H14N2O2/c1-6-4-8(5-12-11)9(13)10(14-3)7(6)2/h4-5,13H,11H2,1-3H3. The van der Waals surface area contributed by atoms with Gasteiger partial charge in [-0.1, -0.05) is 0 Å². The van der Waals surface area contributed by atoms with Crippen LogP contribution in [0.15, 0.2) is 11.2 Å². The molecule has 0 unspecified atom stereocenters. The Morgan fingerprint density at radius 3 is 2.64 bits per heavy atom. The molecule has 0 atom stereocenters. The van der Waals surface area contributed by atoms with Crippen LogP contribution in [0.2, 0.25) is 0 Å². The Morgan fingerprint density at radius 1 is 1.50 bits per heavy atom. The molecule has 76 valence electrons. The van der Waals surface area contributed by atoms with Crippen LogP contribution in [0.5, 0.6) is 11.5 Å². The van der Waals surface area contributed by atoms with Crippen molar-refractivity contribution in [1.29, 1.82) is 0 Å². The largest absolute Gasteiger partial charge is 0.504 e. The fourth-order valence-corrected chi connectivity index (χ4v) is 1.33. The van der Waals surface area contributed by atoms with Gasteiger partial charge < -0.3 is 15.7 Å². The van der Waals surface area contributed by atoms with E-state index in [4.69, 9.17) is 10.6 Å². The number of nitrogens with two attached hydrogens (primary N) is 1. The van der Waals surface area contributed by atoms with Crippen molar-refractivity contribution in [2.45, 2.75) is 13.8 Å². The number of phenolic OH excluding ortho intramolecular Hbond substituents is 1. The van der Waals surface area contributed by atoms with Gasteiger partial charge in [0.2, 0.25) is 0 Å². The molecular weight excluding hydrogens is 180 g/mol. The van der Waals surface area contributed by atoms with Crippen LogP contribution in [0.25, 0.3) is 0 Å². The van der Waals surface area contributed by atoms with Gasteiger partial charge in [-0.15, -0.1) is 0 Å². The van der Waals surface area contributed by atoms with Gasteiger partial charge in [0.05, 0.1) is 13.3 Å². The molecule has 4 nitrogen and oxygen atoms in total. The van der Waals surface area contributed by atoms with Gasteiger partial charge in [-0.2, -0.15) is 5.10 Å². The molecule has 0 heterocycles. The van der Waals surface area contributed by atoms with E-state index in [1.807, 2.05) is 19.9 Å². The predicted octanol–water partition coefficient (Wildman–Crippen LogP) is 1.31. The molecule has 0 radical (unpaired) electrons. The Hall–Kier alpha value is -1.71. The summed E-state index contributed by atoms with van der Waals surface area (Å²) in [5.74, 6) is 5.57. The van der Waals surface area contributed by atoms with Crippen molar-refractivity contribution in [1.82, 2.24) is 0 Å². The molecule has 0 saturated heterocycles. The SMILES string of the molecule is COc1c(C)c(C)cc(C=NN)c1O. The zero-order valence-electron chi connectivity index (χ0n) is 8.53. The normalized spacial score (nSPS) is 10.8. The van der Waals surface area contributed by atoms with Crippen LogP contribution in [0.4, 0.5) is 0 Å². The summed E-state index contributed by atoms with van der Waals surface area (Å²) in [6, 6.07) is 1.81. The van der Waals surface area contributed by atoms with Gasteiger partial charge in [0, 0.05) is 5.56 Å². The molecular formula is C10H14N2O2. The molecule has 0 bridgehead atoms. The third-order valence-electron chi connectivity index (χ3n) is 2.21. The molecule has 4 heteroatoms. The lowest BCUT2D eigenvalue weighted by molar-refractivity contribution is 0.370.